The molecular formula is C20H16F2N2O2S. The van der Waals surface area contributed by atoms with E-state index in [1.807, 2.05) is 18.2 Å². The van der Waals surface area contributed by atoms with Crippen LogP contribution in [0.25, 0.3) is 10.4 Å². The highest BCUT2D eigenvalue weighted by molar-refractivity contribution is 7.17. The Morgan fingerprint density at radius 2 is 1.89 bits per heavy atom. The van der Waals surface area contributed by atoms with Crippen LogP contribution in [0.4, 0.5) is 14.5 Å². The molecule has 2 aromatic carbocycles. The zero-order valence-electron chi connectivity index (χ0n) is 14.5. The molecule has 1 amide bonds. The summed E-state index contributed by atoms with van der Waals surface area (Å²) in [4.78, 5) is 17.9. The third-order valence-corrected chi connectivity index (χ3v) is 5.66. The number of anilines is 1. The van der Waals surface area contributed by atoms with Crippen molar-refractivity contribution in [3.05, 3.63) is 64.3 Å². The Labute approximate surface area is 158 Å². The number of ether oxygens (including phenoxy) is 1. The maximum Gasteiger partial charge on any atom is 0.284 e. The van der Waals surface area contributed by atoms with E-state index in [0.717, 1.165) is 58.8 Å². The van der Waals surface area contributed by atoms with Gasteiger partial charge in [-0.05, 0) is 37.5 Å². The molecule has 0 spiro atoms. The van der Waals surface area contributed by atoms with E-state index >= 15 is 0 Å². The van der Waals surface area contributed by atoms with Gasteiger partial charge in [0.15, 0.2) is 5.01 Å². The quantitative estimate of drug-likeness (QED) is 0.701. The smallest absolute Gasteiger partial charge is 0.284 e. The number of nitrogens with one attached hydrogen (secondary N) is 1. The first-order chi connectivity index (χ1) is 13.1. The molecule has 0 radical (unpaired) electrons. The molecule has 27 heavy (non-hydrogen) atoms. The summed E-state index contributed by atoms with van der Waals surface area (Å²) in [6, 6.07) is 9.24. The van der Waals surface area contributed by atoms with Gasteiger partial charge in [-0.1, -0.05) is 18.2 Å². The van der Waals surface area contributed by atoms with Crippen molar-refractivity contribution < 1.29 is 18.3 Å². The lowest BCUT2D eigenvalue weighted by Crippen LogP contribution is -2.14. The SMILES string of the molecule is COc1cccc2c1CCCc1nc(C(=O)Nc3c(F)cccc3F)sc1-2. The third-order valence-electron chi connectivity index (χ3n) is 4.53. The van der Waals surface area contributed by atoms with Gasteiger partial charge in [0.05, 0.1) is 17.7 Å². The molecule has 0 saturated carbocycles. The molecule has 4 rings (SSSR count). The topological polar surface area (TPSA) is 51.2 Å². The van der Waals surface area contributed by atoms with Gasteiger partial charge in [0, 0.05) is 11.1 Å². The summed E-state index contributed by atoms with van der Waals surface area (Å²) in [5.74, 6) is -1.46. The van der Waals surface area contributed by atoms with Crippen LogP contribution in [-0.2, 0) is 12.8 Å². The molecule has 4 nitrogen and oxygen atoms in total. The Bertz CT molecular complexity index is 1010. The predicted octanol–water partition coefficient (Wildman–Crippen LogP) is 4.84. The number of nitrogens with zero attached hydrogens (tertiary/aromatic N) is 1. The second kappa shape index (κ2) is 7.08. The first kappa shape index (κ1) is 17.6. The summed E-state index contributed by atoms with van der Waals surface area (Å²) >= 11 is 1.23. The van der Waals surface area contributed by atoms with Crippen LogP contribution in [0.2, 0.25) is 0 Å². The maximum absolute atomic E-state index is 13.8. The molecule has 0 unspecified atom stereocenters. The number of thiazole rings is 1. The molecule has 3 aromatic rings. The number of methoxy groups -OCH3 is 1. The second-order valence-electron chi connectivity index (χ2n) is 6.19. The van der Waals surface area contributed by atoms with Gasteiger partial charge in [-0.2, -0.15) is 0 Å². The first-order valence-corrected chi connectivity index (χ1v) is 9.31. The first-order valence-electron chi connectivity index (χ1n) is 8.50. The Balaban J connectivity index is 1.71. The van der Waals surface area contributed by atoms with Crippen LogP contribution in [0.3, 0.4) is 0 Å². The van der Waals surface area contributed by atoms with Crippen LogP contribution in [0.15, 0.2) is 36.4 Å². The Morgan fingerprint density at radius 3 is 2.63 bits per heavy atom. The number of carbonyl (C=O) groups excluding carboxylic acids is 1. The lowest BCUT2D eigenvalue weighted by molar-refractivity contribution is 0.102. The van der Waals surface area contributed by atoms with Gasteiger partial charge in [0.2, 0.25) is 0 Å². The van der Waals surface area contributed by atoms with E-state index in [0.29, 0.717) is 0 Å². The number of fused-ring (bicyclic) bond motifs is 3. The molecule has 1 aliphatic rings. The number of carbonyl (C=O) groups is 1. The van der Waals surface area contributed by atoms with Crippen LogP contribution in [0.5, 0.6) is 5.75 Å². The van der Waals surface area contributed by atoms with Crippen molar-refractivity contribution in [2.45, 2.75) is 19.3 Å². The number of aryl methyl sites for hydroxylation is 1. The normalized spacial score (nSPS) is 12.7. The van der Waals surface area contributed by atoms with Gasteiger partial charge in [-0.15, -0.1) is 11.3 Å². The maximum atomic E-state index is 13.8. The monoisotopic (exact) mass is 386 g/mol. The second-order valence-corrected chi connectivity index (χ2v) is 7.18. The van der Waals surface area contributed by atoms with Gasteiger partial charge in [0.1, 0.15) is 23.1 Å². The summed E-state index contributed by atoms with van der Waals surface area (Å²) in [6.07, 6.45) is 2.47. The van der Waals surface area contributed by atoms with Gasteiger partial charge in [0.25, 0.3) is 5.91 Å². The number of benzene rings is 2. The summed E-state index contributed by atoms with van der Waals surface area (Å²) in [6.45, 7) is 0. The largest absolute Gasteiger partial charge is 0.496 e. The standard InChI is InChI=1S/C20H16F2N2O2S/c1-26-16-10-3-6-12-11(16)5-2-9-15-18(12)27-20(23-15)19(25)24-17-13(21)7-4-8-14(17)22/h3-4,6-8,10H,2,5,9H2,1H3,(H,24,25). The van der Waals surface area contributed by atoms with Crippen molar-refractivity contribution in [1.82, 2.24) is 4.98 Å². The zero-order chi connectivity index (χ0) is 19.0. The van der Waals surface area contributed by atoms with Crippen molar-refractivity contribution in [1.29, 1.82) is 0 Å². The van der Waals surface area contributed by atoms with Crippen LogP contribution in [-0.4, -0.2) is 18.0 Å². The number of hydrogen-bond acceptors (Lipinski definition) is 4. The number of para-hydroxylation sites is 1. The van der Waals surface area contributed by atoms with E-state index < -0.39 is 23.2 Å². The highest BCUT2D eigenvalue weighted by Crippen LogP contribution is 2.40. The molecule has 1 heterocycles. The van der Waals surface area contributed by atoms with Crippen LogP contribution in [0, 0.1) is 11.6 Å². The van der Waals surface area contributed by atoms with E-state index in [2.05, 4.69) is 10.3 Å². The fourth-order valence-electron chi connectivity index (χ4n) is 3.27. The average molecular weight is 386 g/mol. The van der Waals surface area contributed by atoms with E-state index in [1.54, 1.807) is 7.11 Å². The van der Waals surface area contributed by atoms with Crippen molar-refractivity contribution in [3.63, 3.8) is 0 Å². The highest BCUT2D eigenvalue weighted by Gasteiger charge is 2.24. The Hall–Kier alpha value is -2.80. The van der Waals surface area contributed by atoms with E-state index in [4.69, 9.17) is 4.74 Å². The molecule has 7 heteroatoms. The Kier molecular flexibility index (Phi) is 4.61. The number of hydrogen-bond donors (Lipinski definition) is 1. The van der Waals surface area contributed by atoms with Crippen LogP contribution in [0.1, 0.15) is 27.5 Å². The molecule has 0 atom stereocenters. The molecule has 0 saturated heterocycles. The van der Waals surface area contributed by atoms with E-state index in [-0.39, 0.29) is 5.01 Å². The van der Waals surface area contributed by atoms with Crippen molar-refractivity contribution in [2.75, 3.05) is 12.4 Å². The fourth-order valence-corrected chi connectivity index (χ4v) is 4.33. The molecule has 0 bridgehead atoms. The van der Waals surface area contributed by atoms with Gasteiger partial charge < -0.3 is 10.1 Å². The van der Waals surface area contributed by atoms with Crippen molar-refractivity contribution in [3.8, 4) is 16.2 Å². The minimum absolute atomic E-state index is 0.179. The number of halogens is 2. The van der Waals surface area contributed by atoms with Gasteiger partial charge in [-0.25, -0.2) is 13.8 Å². The highest BCUT2D eigenvalue weighted by atomic mass is 32.1. The van der Waals surface area contributed by atoms with Gasteiger partial charge >= 0.3 is 0 Å². The number of amides is 1. The van der Waals surface area contributed by atoms with E-state index in [1.165, 1.54) is 17.4 Å². The summed E-state index contributed by atoms with van der Waals surface area (Å²) in [5, 5.41) is 2.48. The van der Waals surface area contributed by atoms with Gasteiger partial charge in [-0.3, -0.25) is 4.79 Å². The third kappa shape index (κ3) is 3.19. The lowest BCUT2D eigenvalue weighted by atomic mass is 10.0. The fraction of sp³-hybridized carbons (Fsp3) is 0.200. The molecular weight excluding hydrogens is 370 g/mol. The number of aromatic nitrogens is 1. The molecule has 1 aliphatic carbocycles. The number of rotatable bonds is 3. The lowest BCUT2D eigenvalue weighted by Gasteiger charge is -2.10. The molecule has 138 valence electrons. The minimum atomic E-state index is -0.823. The minimum Gasteiger partial charge on any atom is -0.496 e. The predicted molar refractivity (Wildman–Crippen MR) is 100 cm³/mol. The molecule has 0 aliphatic heterocycles. The molecule has 0 fully saturated rings. The van der Waals surface area contributed by atoms with Crippen molar-refractivity contribution in [2.24, 2.45) is 0 Å². The summed E-state index contributed by atoms with van der Waals surface area (Å²) < 4.78 is 33.1. The van der Waals surface area contributed by atoms with Crippen LogP contribution < -0.4 is 10.1 Å². The molecule has 1 aromatic heterocycles. The zero-order valence-corrected chi connectivity index (χ0v) is 15.3. The Morgan fingerprint density at radius 1 is 1.15 bits per heavy atom. The van der Waals surface area contributed by atoms with E-state index in [9.17, 15) is 13.6 Å². The average Bonchev–Trinajstić information content (AvgIpc) is 3.01. The van der Waals surface area contributed by atoms with Crippen LogP contribution >= 0.6 is 11.3 Å². The molecule has 1 N–H and O–H groups in total. The van der Waals surface area contributed by atoms with Crippen molar-refractivity contribution >= 4 is 22.9 Å². The summed E-state index contributed by atoms with van der Waals surface area (Å²) in [7, 11) is 1.63. The summed E-state index contributed by atoms with van der Waals surface area (Å²) in [5.41, 5.74) is 2.45.